The maximum atomic E-state index is 12.9. The molecule has 2 aromatic rings. The van der Waals surface area contributed by atoms with E-state index in [-0.39, 0.29) is 0 Å². The molecular weight excluding hydrogens is 428 g/mol. The van der Waals surface area contributed by atoms with Crippen LogP contribution in [0.25, 0.3) is 0 Å². The fraction of sp³-hybridized carbons (Fsp3) is 0.400. The zero-order valence-corrected chi connectivity index (χ0v) is 17.9. The summed E-state index contributed by atoms with van der Waals surface area (Å²) in [7, 11) is -3.47. The maximum Gasteiger partial charge on any atom is 0.243 e. The molecule has 3 rings (SSSR count). The Balaban J connectivity index is 1.61. The van der Waals surface area contributed by atoms with Crippen molar-refractivity contribution in [2.45, 2.75) is 24.7 Å². The van der Waals surface area contributed by atoms with Gasteiger partial charge in [0.25, 0.3) is 0 Å². The highest BCUT2D eigenvalue weighted by Crippen LogP contribution is 2.24. The Hall–Kier alpha value is -1.57. The quantitative estimate of drug-likeness (QED) is 0.592. The van der Waals surface area contributed by atoms with E-state index in [1.54, 1.807) is 28.6 Å². The van der Waals surface area contributed by atoms with E-state index in [9.17, 15) is 8.42 Å². The molecule has 1 saturated heterocycles. The lowest BCUT2D eigenvalue weighted by Gasteiger charge is -2.35. The third-order valence-electron chi connectivity index (χ3n) is 4.66. The number of ether oxygens (including phenoxy) is 1. The fourth-order valence-corrected chi connectivity index (χ4v) is 4.72. The molecule has 0 saturated carbocycles. The summed E-state index contributed by atoms with van der Waals surface area (Å²) in [6.45, 7) is 5.08. The lowest BCUT2D eigenvalue weighted by Crippen LogP contribution is -2.48. The second-order valence-electron chi connectivity index (χ2n) is 6.54. The lowest BCUT2D eigenvalue weighted by atomic mass is 10.2. The molecule has 0 bridgehead atoms. The van der Waals surface area contributed by atoms with Gasteiger partial charge in [-0.05, 0) is 55.0 Å². The van der Waals surface area contributed by atoms with E-state index in [2.05, 4.69) is 27.8 Å². The molecule has 0 amide bonds. The molecule has 5 nitrogen and oxygen atoms in total. The third kappa shape index (κ3) is 5.03. The van der Waals surface area contributed by atoms with Crippen LogP contribution in [0.15, 0.2) is 57.9 Å². The Morgan fingerprint density at radius 1 is 0.963 bits per heavy atom. The smallest absolute Gasteiger partial charge is 0.243 e. The minimum Gasteiger partial charge on any atom is -0.494 e. The van der Waals surface area contributed by atoms with Crippen molar-refractivity contribution in [2.24, 2.45) is 0 Å². The molecule has 0 N–H and O–H groups in total. The summed E-state index contributed by atoms with van der Waals surface area (Å²) in [5, 5.41) is 0. The van der Waals surface area contributed by atoms with E-state index in [1.807, 2.05) is 24.3 Å². The van der Waals surface area contributed by atoms with Crippen molar-refractivity contribution in [1.29, 1.82) is 0 Å². The minimum atomic E-state index is -3.47. The van der Waals surface area contributed by atoms with Gasteiger partial charge in [0.1, 0.15) is 5.75 Å². The third-order valence-corrected chi connectivity index (χ3v) is 7.10. The van der Waals surface area contributed by atoms with Crippen molar-refractivity contribution in [3.8, 4) is 5.75 Å². The predicted octanol–water partition coefficient (Wildman–Crippen LogP) is 4.14. The van der Waals surface area contributed by atoms with Crippen LogP contribution in [-0.4, -0.2) is 45.5 Å². The van der Waals surface area contributed by atoms with Crippen molar-refractivity contribution < 1.29 is 13.2 Å². The van der Waals surface area contributed by atoms with E-state index in [1.165, 1.54) is 0 Å². The SMILES string of the molecule is CCCCOc1ccc(S(=O)(=O)N2CCN(c3ccc(Br)cc3)CC2)cc1. The first-order valence-corrected chi connectivity index (χ1v) is 11.5. The Bertz CT molecular complexity index is 831. The van der Waals surface area contributed by atoms with Crippen LogP contribution < -0.4 is 9.64 Å². The summed E-state index contributed by atoms with van der Waals surface area (Å²) in [6.07, 6.45) is 2.06. The highest BCUT2D eigenvalue weighted by molar-refractivity contribution is 9.10. The highest BCUT2D eigenvalue weighted by atomic mass is 79.9. The van der Waals surface area contributed by atoms with Crippen LogP contribution in [0.1, 0.15) is 19.8 Å². The van der Waals surface area contributed by atoms with Gasteiger partial charge in [-0.25, -0.2) is 8.42 Å². The van der Waals surface area contributed by atoms with Gasteiger partial charge < -0.3 is 9.64 Å². The van der Waals surface area contributed by atoms with Gasteiger partial charge in [-0.3, -0.25) is 0 Å². The zero-order chi connectivity index (χ0) is 19.3. The van der Waals surface area contributed by atoms with Crippen molar-refractivity contribution in [3.05, 3.63) is 53.0 Å². The normalized spacial score (nSPS) is 15.7. The lowest BCUT2D eigenvalue weighted by molar-refractivity contribution is 0.309. The number of benzene rings is 2. The van der Waals surface area contributed by atoms with Crippen LogP contribution in [0.4, 0.5) is 5.69 Å². The van der Waals surface area contributed by atoms with Crippen LogP contribution in [-0.2, 0) is 10.0 Å². The fourth-order valence-electron chi connectivity index (χ4n) is 3.03. The molecule has 1 heterocycles. The number of sulfonamides is 1. The molecule has 7 heteroatoms. The average molecular weight is 453 g/mol. The Kier molecular flexibility index (Phi) is 6.78. The van der Waals surface area contributed by atoms with E-state index in [4.69, 9.17) is 4.74 Å². The molecule has 0 aliphatic carbocycles. The van der Waals surface area contributed by atoms with Crippen molar-refractivity contribution in [2.75, 3.05) is 37.7 Å². The Morgan fingerprint density at radius 2 is 1.59 bits per heavy atom. The first-order valence-electron chi connectivity index (χ1n) is 9.24. The molecule has 146 valence electrons. The number of rotatable bonds is 7. The molecule has 1 fully saturated rings. The molecule has 0 unspecified atom stereocenters. The first-order chi connectivity index (χ1) is 13.0. The van der Waals surface area contributed by atoms with Gasteiger partial charge in [-0.15, -0.1) is 0 Å². The first kappa shape index (κ1) is 20.2. The summed E-state index contributed by atoms with van der Waals surface area (Å²) in [5.41, 5.74) is 1.11. The van der Waals surface area contributed by atoms with Gasteiger partial charge in [0.15, 0.2) is 0 Å². The van der Waals surface area contributed by atoms with Crippen LogP contribution in [0.2, 0.25) is 0 Å². The van der Waals surface area contributed by atoms with Crippen LogP contribution in [0, 0.1) is 0 Å². The number of unbranched alkanes of at least 4 members (excludes halogenated alkanes) is 1. The topological polar surface area (TPSA) is 49.9 Å². The van der Waals surface area contributed by atoms with Gasteiger partial charge in [0.05, 0.1) is 11.5 Å². The number of piperazine rings is 1. The molecule has 27 heavy (non-hydrogen) atoms. The summed E-state index contributed by atoms with van der Waals surface area (Å²) in [6, 6.07) is 14.8. The second-order valence-corrected chi connectivity index (χ2v) is 9.39. The molecule has 1 aliphatic heterocycles. The van der Waals surface area contributed by atoms with Crippen LogP contribution in [0.3, 0.4) is 0 Å². The van der Waals surface area contributed by atoms with Crippen molar-refractivity contribution in [3.63, 3.8) is 0 Å². The number of nitrogens with zero attached hydrogens (tertiary/aromatic N) is 2. The Labute approximate surface area is 170 Å². The van der Waals surface area contributed by atoms with Crippen LogP contribution >= 0.6 is 15.9 Å². The molecule has 0 spiro atoms. The van der Waals surface area contributed by atoms with E-state index < -0.39 is 10.0 Å². The standard InChI is InChI=1S/C20H25BrN2O3S/c1-2-3-16-26-19-8-10-20(11-9-19)27(24,25)23-14-12-22(13-15-23)18-6-4-17(21)5-7-18/h4-11H,2-3,12-16H2,1H3. The molecule has 0 aromatic heterocycles. The van der Waals surface area contributed by atoms with Crippen LogP contribution in [0.5, 0.6) is 5.75 Å². The summed E-state index contributed by atoms with van der Waals surface area (Å²) < 4.78 is 34.0. The van der Waals surface area contributed by atoms with Crippen molar-refractivity contribution >= 4 is 31.6 Å². The zero-order valence-electron chi connectivity index (χ0n) is 15.5. The van der Waals surface area contributed by atoms with Crippen molar-refractivity contribution in [1.82, 2.24) is 4.31 Å². The highest BCUT2D eigenvalue weighted by Gasteiger charge is 2.28. The van der Waals surface area contributed by atoms with Gasteiger partial charge in [0, 0.05) is 36.3 Å². The minimum absolute atomic E-state index is 0.322. The van der Waals surface area contributed by atoms with E-state index in [0.29, 0.717) is 43.4 Å². The number of hydrogen-bond donors (Lipinski definition) is 0. The Morgan fingerprint density at radius 3 is 2.19 bits per heavy atom. The number of anilines is 1. The molecular formula is C20H25BrN2O3S. The second kappa shape index (κ2) is 9.08. The summed E-state index contributed by atoms with van der Waals surface area (Å²) in [5.74, 6) is 0.711. The van der Waals surface area contributed by atoms with Gasteiger partial charge in [-0.2, -0.15) is 4.31 Å². The predicted molar refractivity (Wildman–Crippen MR) is 112 cm³/mol. The number of halogens is 1. The molecule has 1 aliphatic rings. The maximum absolute atomic E-state index is 12.9. The van der Waals surface area contributed by atoms with Gasteiger partial charge in [-0.1, -0.05) is 29.3 Å². The van der Waals surface area contributed by atoms with Gasteiger partial charge in [0.2, 0.25) is 10.0 Å². The average Bonchev–Trinajstić information content (AvgIpc) is 2.69. The molecule has 2 aromatic carbocycles. The summed E-state index contributed by atoms with van der Waals surface area (Å²) >= 11 is 3.44. The van der Waals surface area contributed by atoms with Gasteiger partial charge >= 0.3 is 0 Å². The monoisotopic (exact) mass is 452 g/mol. The molecule has 0 radical (unpaired) electrons. The molecule has 0 atom stereocenters. The summed E-state index contributed by atoms with van der Waals surface area (Å²) in [4.78, 5) is 2.53. The van der Waals surface area contributed by atoms with E-state index >= 15 is 0 Å². The largest absolute Gasteiger partial charge is 0.494 e. The van der Waals surface area contributed by atoms with E-state index in [0.717, 1.165) is 23.0 Å². The number of hydrogen-bond acceptors (Lipinski definition) is 4.